The zero-order chi connectivity index (χ0) is 14.7. The van der Waals surface area contributed by atoms with Gasteiger partial charge in [-0.3, -0.25) is 0 Å². The van der Waals surface area contributed by atoms with Crippen molar-refractivity contribution in [2.45, 2.75) is 26.3 Å². The van der Waals surface area contributed by atoms with E-state index in [9.17, 15) is 13.2 Å². The van der Waals surface area contributed by atoms with Crippen LogP contribution >= 0.6 is 11.3 Å². The lowest BCUT2D eigenvalue weighted by Crippen LogP contribution is -2.18. The first-order valence-corrected chi connectivity index (χ1v) is 7.36. The second-order valence-electron chi connectivity index (χ2n) is 4.46. The summed E-state index contributed by atoms with van der Waals surface area (Å²) in [4.78, 5) is 1.50. The first kappa shape index (κ1) is 15.1. The summed E-state index contributed by atoms with van der Waals surface area (Å²) in [6.45, 7) is 4.88. The van der Waals surface area contributed by atoms with Gasteiger partial charge in [0.25, 0.3) is 0 Å². The topological polar surface area (TPSA) is 12.0 Å². The fourth-order valence-corrected chi connectivity index (χ4v) is 3.36. The smallest absolute Gasteiger partial charge is 0.137 e. The molecule has 1 unspecified atom stereocenters. The summed E-state index contributed by atoms with van der Waals surface area (Å²) in [5, 5.41) is 3.31. The van der Waals surface area contributed by atoms with Crippen molar-refractivity contribution in [3.8, 4) is 10.4 Å². The average Bonchev–Trinajstić information content (AvgIpc) is 2.84. The van der Waals surface area contributed by atoms with Crippen LogP contribution in [0.3, 0.4) is 0 Å². The summed E-state index contributed by atoms with van der Waals surface area (Å²) in [7, 11) is 0. The summed E-state index contributed by atoms with van der Waals surface area (Å²) >= 11 is 1.33. The van der Waals surface area contributed by atoms with Gasteiger partial charge in [0.15, 0.2) is 0 Å². The molecule has 1 N–H and O–H groups in total. The molecular formula is C15H16F3NS. The number of thiophene rings is 1. The van der Waals surface area contributed by atoms with Crippen molar-refractivity contribution in [2.75, 3.05) is 6.54 Å². The van der Waals surface area contributed by atoms with E-state index in [4.69, 9.17) is 0 Å². The van der Waals surface area contributed by atoms with Gasteiger partial charge in [-0.15, -0.1) is 11.3 Å². The van der Waals surface area contributed by atoms with Gasteiger partial charge in [-0.2, -0.15) is 0 Å². The van der Waals surface area contributed by atoms with Gasteiger partial charge < -0.3 is 5.32 Å². The number of hydrogen-bond donors (Lipinski definition) is 1. The van der Waals surface area contributed by atoms with E-state index in [0.717, 1.165) is 17.8 Å². The Morgan fingerprint density at radius 2 is 1.75 bits per heavy atom. The largest absolute Gasteiger partial charge is 0.310 e. The molecule has 0 aliphatic rings. The Balaban J connectivity index is 2.38. The van der Waals surface area contributed by atoms with E-state index in [2.05, 4.69) is 5.32 Å². The molecule has 20 heavy (non-hydrogen) atoms. The predicted molar refractivity (Wildman–Crippen MR) is 76.3 cm³/mol. The van der Waals surface area contributed by atoms with E-state index < -0.39 is 17.5 Å². The summed E-state index contributed by atoms with van der Waals surface area (Å²) in [5.74, 6) is -2.64. The highest BCUT2D eigenvalue weighted by Crippen LogP contribution is 2.35. The van der Waals surface area contributed by atoms with Gasteiger partial charge in [0, 0.05) is 27.9 Å². The minimum atomic E-state index is -0.903. The first-order valence-electron chi connectivity index (χ1n) is 6.54. The molecule has 0 radical (unpaired) electrons. The van der Waals surface area contributed by atoms with Gasteiger partial charge >= 0.3 is 0 Å². The van der Waals surface area contributed by atoms with Crippen LogP contribution in [0.1, 0.15) is 31.2 Å². The van der Waals surface area contributed by atoms with Crippen LogP contribution in [-0.2, 0) is 0 Å². The Bertz CT molecular complexity index is 572. The van der Waals surface area contributed by atoms with Crippen LogP contribution in [0, 0.1) is 17.5 Å². The Morgan fingerprint density at radius 3 is 2.30 bits per heavy atom. The molecule has 1 nitrogen and oxygen atoms in total. The van der Waals surface area contributed by atoms with Gasteiger partial charge in [-0.25, -0.2) is 13.2 Å². The van der Waals surface area contributed by atoms with Crippen molar-refractivity contribution in [1.82, 2.24) is 5.32 Å². The first-order chi connectivity index (χ1) is 9.56. The van der Waals surface area contributed by atoms with E-state index >= 15 is 0 Å². The second kappa shape index (κ2) is 6.41. The molecule has 0 spiro atoms. The maximum Gasteiger partial charge on any atom is 0.137 e. The number of nitrogens with one attached hydrogen (secondary N) is 1. The zero-order valence-corrected chi connectivity index (χ0v) is 12.2. The third-order valence-electron chi connectivity index (χ3n) is 3.08. The fourth-order valence-electron chi connectivity index (χ4n) is 2.14. The molecule has 2 aromatic rings. The van der Waals surface area contributed by atoms with Crippen molar-refractivity contribution in [1.29, 1.82) is 0 Å². The molecule has 5 heteroatoms. The van der Waals surface area contributed by atoms with Crippen molar-refractivity contribution in [3.63, 3.8) is 0 Å². The van der Waals surface area contributed by atoms with Crippen LogP contribution in [0.2, 0.25) is 0 Å². The quantitative estimate of drug-likeness (QED) is 0.828. The number of halogens is 3. The molecular weight excluding hydrogens is 283 g/mol. The van der Waals surface area contributed by atoms with Crippen LogP contribution in [0.5, 0.6) is 0 Å². The third-order valence-corrected chi connectivity index (χ3v) is 4.30. The Kier molecular flexibility index (Phi) is 4.83. The molecule has 0 saturated heterocycles. The number of hydrogen-bond acceptors (Lipinski definition) is 2. The molecule has 1 heterocycles. The van der Waals surface area contributed by atoms with E-state index in [1.54, 1.807) is 6.07 Å². The maximum atomic E-state index is 13.7. The maximum absolute atomic E-state index is 13.7. The molecule has 1 aromatic carbocycles. The van der Waals surface area contributed by atoms with E-state index in [1.807, 2.05) is 19.9 Å². The van der Waals surface area contributed by atoms with E-state index in [1.165, 1.54) is 11.3 Å². The minimum absolute atomic E-state index is 0.158. The van der Waals surface area contributed by atoms with Gasteiger partial charge in [0.05, 0.1) is 5.56 Å². The second-order valence-corrected chi connectivity index (χ2v) is 5.58. The van der Waals surface area contributed by atoms with Crippen molar-refractivity contribution >= 4 is 11.3 Å². The minimum Gasteiger partial charge on any atom is -0.310 e. The van der Waals surface area contributed by atoms with Crippen LogP contribution in [-0.4, -0.2) is 6.54 Å². The SMILES string of the molecule is CCNC(CC)c1ccc(-c2c(F)cc(F)cc2F)s1. The van der Waals surface area contributed by atoms with E-state index in [0.29, 0.717) is 17.0 Å². The molecule has 1 atom stereocenters. The Hall–Kier alpha value is -1.33. The van der Waals surface area contributed by atoms with Crippen LogP contribution < -0.4 is 5.32 Å². The van der Waals surface area contributed by atoms with Gasteiger partial charge in [-0.05, 0) is 25.1 Å². The highest BCUT2D eigenvalue weighted by molar-refractivity contribution is 7.15. The molecule has 1 aromatic heterocycles. The van der Waals surface area contributed by atoms with Crippen molar-refractivity contribution in [2.24, 2.45) is 0 Å². The lowest BCUT2D eigenvalue weighted by atomic mass is 10.1. The summed E-state index contributed by atoms with van der Waals surface area (Å²) in [6.07, 6.45) is 0.891. The normalized spacial score (nSPS) is 12.7. The number of benzene rings is 1. The fraction of sp³-hybridized carbons (Fsp3) is 0.333. The van der Waals surface area contributed by atoms with Crippen LogP contribution in [0.4, 0.5) is 13.2 Å². The van der Waals surface area contributed by atoms with Crippen molar-refractivity contribution in [3.05, 3.63) is 46.6 Å². The lowest BCUT2D eigenvalue weighted by Gasteiger charge is -2.13. The van der Waals surface area contributed by atoms with Gasteiger partial charge in [0.1, 0.15) is 17.5 Å². The zero-order valence-electron chi connectivity index (χ0n) is 11.3. The van der Waals surface area contributed by atoms with Crippen LogP contribution in [0.15, 0.2) is 24.3 Å². The Morgan fingerprint density at radius 1 is 1.10 bits per heavy atom. The highest BCUT2D eigenvalue weighted by atomic mass is 32.1. The summed E-state index contributed by atoms with van der Waals surface area (Å²) in [5.41, 5.74) is -0.158. The van der Waals surface area contributed by atoms with Gasteiger partial charge in [-0.1, -0.05) is 13.8 Å². The molecule has 0 aliphatic carbocycles. The summed E-state index contributed by atoms with van der Waals surface area (Å²) < 4.78 is 40.4. The Labute approximate surface area is 120 Å². The molecule has 2 rings (SSSR count). The average molecular weight is 299 g/mol. The lowest BCUT2D eigenvalue weighted by molar-refractivity contribution is 0.545. The molecule has 0 bridgehead atoms. The molecule has 108 valence electrons. The van der Waals surface area contributed by atoms with Crippen molar-refractivity contribution < 1.29 is 13.2 Å². The summed E-state index contributed by atoms with van der Waals surface area (Å²) in [6, 6.07) is 5.13. The van der Waals surface area contributed by atoms with Crippen LogP contribution in [0.25, 0.3) is 10.4 Å². The molecule has 0 fully saturated rings. The third kappa shape index (κ3) is 3.04. The number of rotatable bonds is 5. The van der Waals surface area contributed by atoms with Gasteiger partial charge in [0.2, 0.25) is 0 Å². The predicted octanol–water partition coefficient (Wildman–Crippen LogP) is 4.89. The molecule has 0 aliphatic heterocycles. The molecule has 0 saturated carbocycles. The monoisotopic (exact) mass is 299 g/mol. The standard InChI is InChI=1S/C15H16F3NS/c1-3-12(19-4-2)13-5-6-14(20-13)15-10(17)7-9(16)8-11(15)18/h5-8,12,19H,3-4H2,1-2H3. The highest BCUT2D eigenvalue weighted by Gasteiger charge is 2.17. The van der Waals surface area contributed by atoms with E-state index in [-0.39, 0.29) is 11.6 Å². The molecule has 0 amide bonds.